The summed E-state index contributed by atoms with van der Waals surface area (Å²) in [6, 6.07) is 28.1. The molecule has 192 valence electrons. The Hall–Kier alpha value is -1.66. The summed E-state index contributed by atoms with van der Waals surface area (Å²) in [7, 11) is 0. The zero-order valence-corrected chi connectivity index (χ0v) is 21.8. The molecule has 3 aromatic carbocycles. The van der Waals surface area contributed by atoms with Crippen molar-refractivity contribution in [1.82, 2.24) is 0 Å². The number of aliphatic hydroxyl groups is 1. The molecular weight excluding hydrogens is 542 g/mol. The molecule has 0 aromatic heterocycles. The van der Waals surface area contributed by atoms with E-state index < -0.39 is 17.9 Å². The number of thioether (sulfide) groups is 1. The van der Waals surface area contributed by atoms with Crippen molar-refractivity contribution in [2.45, 2.75) is 30.7 Å². The van der Waals surface area contributed by atoms with E-state index in [9.17, 15) is 14.5 Å². The highest BCUT2D eigenvalue weighted by molar-refractivity contribution is 8.13. The highest BCUT2D eigenvalue weighted by atomic mass is 35.9. The molecule has 9 heteroatoms. The summed E-state index contributed by atoms with van der Waals surface area (Å²) in [6.45, 7) is 3.28. The van der Waals surface area contributed by atoms with Crippen molar-refractivity contribution < 1.29 is 19.2 Å². The third-order valence-electron chi connectivity index (χ3n) is 3.58. The average Bonchev–Trinajstić information content (AvgIpc) is 2.83. The minimum Gasteiger partial charge on any atom is -0.460 e. The number of rotatable bonds is 7. The summed E-state index contributed by atoms with van der Waals surface area (Å²) in [5.41, 5.74) is 0. The van der Waals surface area contributed by atoms with E-state index in [4.69, 9.17) is 27.2 Å². The van der Waals surface area contributed by atoms with Crippen LogP contribution in [0.2, 0.25) is 0 Å². The van der Waals surface area contributed by atoms with Crippen LogP contribution >= 0.6 is 52.7 Å². The van der Waals surface area contributed by atoms with Crippen LogP contribution in [-0.4, -0.2) is 29.5 Å². The largest absolute Gasteiger partial charge is 0.460 e. The number of carbonyl (C=O) groups excluding carboxylic acids is 1. The molecule has 0 spiro atoms. The number of hydrogen-bond donors (Lipinski definition) is 2. The fraction of sp³-hybridized carbons (Fsp3) is 0.192. The Morgan fingerprint density at radius 3 is 1.80 bits per heavy atom. The van der Waals surface area contributed by atoms with E-state index in [1.54, 1.807) is 24.3 Å². The molecule has 0 heterocycles. The van der Waals surface area contributed by atoms with E-state index in [-0.39, 0.29) is 21.5 Å². The van der Waals surface area contributed by atoms with Crippen molar-refractivity contribution >= 4 is 64.0 Å². The van der Waals surface area contributed by atoms with Crippen molar-refractivity contribution in [2.24, 2.45) is 0 Å². The number of hydrogen-bond acceptors (Lipinski definition) is 6. The maximum atomic E-state index is 10.9. The van der Waals surface area contributed by atoms with Gasteiger partial charge in [-0.1, -0.05) is 76.0 Å². The Balaban J connectivity index is 0. The van der Waals surface area contributed by atoms with Crippen LogP contribution in [0.1, 0.15) is 14.9 Å². The van der Waals surface area contributed by atoms with Gasteiger partial charge in [-0.3, -0.25) is 4.57 Å². The topological polar surface area (TPSA) is 63.6 Å². The fourth-order valence-corrected chi connectivity index (χ4v) is 4.22. The van der Waals surface area contributed by atoms with Gasteiger partial charge >= 0.3 is 5.97 Å². The third-order valence-corrected chi connectivity index (χ3v) is 7.11. The molecule has 3 rings (SSSR count). The lowest BCUT2D eigenvalue weighted by atomic mass is 10.4. The zero-order chi connectivity index (χ0) is 24.5. The standard InChI is InChI=1S/C12H14O3S.C6H5Cl2OP.C6H6S.2CH4/c1-2-12(14)15-8-10(13)9-16-11-6-4-3-5-7-11;7-10(8,9)6-4-2-1-3-5-6;7-6-4-2-1-3-5-6;;/h2-7,10,13H,1,8-9H2;1-5H;1-5,7H;2*1H4. The van der Waals surface area contributed by atoms with Crippen LogP contribution in [0.3, 0.4) is 0 Å². The smallest absolute Gasteiger partial charge is 0.330 e. The van der Waals surface area contributed by atoms with Crippen molar-refractivity contribution in [3.63, 3.8) is 0 Å². The van der Waals surface area contributed by atoms with E-state index in [0.29, 0.717) is 11.1 Å². The van der Waals surface area contributed by atoms with Gasteiger partial charge in [-0.15, -0.1) is 24.4 Å². The molecule has 0 bridgehead atoms. The van der Waals surface area contributed by atoms with Crippen molar-refractivity contribution in [1.29, 1.82) is 0 Å². The number of thiol groups is 1. The summed E-state index contributed by atoms with van der Waals surface area (Å²) in [4.78, 5) is 12.8. The first-order chi connectivity index (χ1) is 15.7. The van der Waals surface area contributed by atoms with Gasteiger partial charge in [0.1, 0.15) is 6.61 Å². The van der Waals surface area contributed by atoms with Gasteiger partial charge in [0.25, 0.3) is 5.85 Å². The lowest BCUT2D eigenvalue weighted by Gasteiger charge is -2.09. The van der Waals surface area contributed by atoms with Crippen molar-refractivity contribution in [2.75, 3.05) is 12.4 Å². The van der Waals surface area contributed by atoms with E-state index in [1.165, 1.54) is 11.8 Å². The summed E-state index contributed by atoms with van der Waals surface area (Å²) >= 11 is 16.4. The van der Waals surface area contributed by atoms with Gasteiger partial charge in [0.15, 0.2) is 0 Å². The minimum absolute atomic E-state index is 0. The SMILES string of the molecule is C.C.C=CC(=O)OCC(O)CSc1ccccc1.O=P(Cl)(Cl)c1ccccc1.Sc1ccccc1. The Morgan fingerprint density at radius 1 is 0.971 bits per heavy atom. The second-order valence-corrected chi connectivity index (χ2v) is 12.7. The van der Waals surface area contributed by atoms with Crippen LogP contribution in [0.15, 0.2) is 113 Å². The zero-order valence-electron chi connectivity index (χ0n) is 17.7. The molecule has 1 N–H and O–H groups in total. The molecule has 1 unspecified atom stereocenters. The maximum absolute atomic E-state index is 10.9. The number of esters is 1. The fourth-order valence-electron chi connectivity index (χ4n) is 2.02. The lowest BCUT2D eigenvalue weighted by Crippen LogP contribution is -2.19. The Labute approximate surface area is 229 Å². The number of halogens is 2. The number of ether oxygens (including phenoxy) is 1. The van der Waals surface area contributed by atoms with Gasteiger partial charge < -0.3 is 9.84 Å². The molecule has 0 saturated heterocycles. The predicted octanol–water partition coefficient (Wildman–Crippen LogP) is 8.10. The number of carbonyl (C=O) groups is 1. The second-order valence-electron chi connectivity index (χ2n) is 6.25. The van der Waals surface area contributed by atoms with Crippen LogP contribution < -0.4 is 5.30 Å². The normalized spacial score (nSPS) is 10.4. The van der Waals surface area contributed by atoms with Crippen molar-refractivity contribution in [3.05, 3.63) is 104 Å². The van der Waals surface area contributed by atoms with Crippen LogP contribution in [0.5, 0.6) is 0 Å². The molecule has 4 nitrogen and oxygen atoms in total. The Kier molecular flexibility index (Phi) is 20.8. The Bertz CT molecular complexity index is 988. The quantitative estimate of drug-likeness (QED) is 0.0980. The van der Waals surface area contributed by atoms with Gasteiger partial charge in [-0.2, -0.15) is 0 Å². The van der Waals surface area contributed by atoms with Crippen LogP contribution in [0, 0.1) is 0 Å². The van der Waals surface area contributed by atoms with E-state index in [2.05, 4.69) is 19.2 Å². The molecule has 35 heavy (non-hydrogen) atoms. The van der Waals surface area contributed by atoms with Gasteiger partial charge in [0.05, 0.1) is 6.10 Å². The highest BCUT2D eigenvalue weighted by Crippen LogP contribution is 2.54. The third kappa shape index (κ3) is 18.3. The summed E-state index contributed by atoms with van der Waals surface area (Å²) in [5.74, 6) is -3.09. The monoisotopic (exact) mass is 574 g/mol. The molecule has 0 aliphatic rings. The summed E-state index contributed by atoms with van der Waals surface area (Å²) in [5, 5.41) is 10.0. The molecular formula is C26H33Cl2O4PS2. The van der Waals surface area contributed by atoms with Gasteiger partial charge in [0, 0.05) is 26.9 Å². The number of benzene rings is 3. The predicted molar refractivity (Wildman–Crippen MR) is 157 cm³/mol. The number of aliphatic hydroxyl groups excluding tert-OH is 1. The second kappa shape index (κ2) is 20.5. The molecule has 0 aliphatic heterocycles. The van der Waals surface area contributed by atoms with Gasteiger partial charge in [-0.25, -0.2) is 4.79 Å². The minimum atomic E-state index is -3.07. The van der Waals surface area contributed by atoms with Gasteiger partial charge in [-0.05, 0) is 58.9 Å². The molecule has 1 atom stereocenters. The summed E-state index contributed by atoms with van der Waals surface area (Å²) in [6.07, 6.45) is 0.422. The first-order valence-corrected chi connectivity index (χ1v) is 14.6. The molecule has 0 amide bonds. The first kappa shape index (κ1) is 35.5. The maximum Gasteiger partial charge on any atom is 0.330 e. The molecule has 0 fully saturated rings. The lowest BCUT2D eigenvalue weighted by molar-refractivity contribution is -0.140. The molecule has 0 radical (unpaired) electrons. The highest BCUT2D eigenvalue weighted by Gasteiger charge is 2.15. The average molecular weight is 576 g/mol. The molecule has 0 aliphatic carbocycles. The van der Waals surface area contributed by atoms with Crippen LogP contribution in [-0.2, 0) is 14.1 Å². The van der Waals surface area contributed by atoms with E-state index >= 15 is 0 Å². The van der Waals surface area contributed by atoms with E-state index in [1.807, 2.05) is 66.7 Å². The molecule has 3 aromatic rings. The van der Waals surface area contributed by atoms with Gasteiger partial charge in [0.2, 0.25) is 0 Å². The molecule has 0 saturated carbocycles. The van der Waals surface area contributed by atoms with Crippen LogP contribution in [0.25, 0.3) is 0 Å². The van der Waals surface area contributed by atoms with E-state index in [0.717, 1.165) is 15.9 Å². The van der Waals surface area contributed by atoms with Crippen LogP contribution in [0.4, 0.5) is 0 Å². The van der Waals surface area contributed by atoms with Crippen molar-refractivity contribution in [3.8, 4) is 0 Å². The Morgan fingerprint density at radius 2 is 1.43 bits per heavy atom. The summed E-state index contributed by atoms with van der Waals surface area (Å²) < 4.78 is 15.7. The first-order valence-electron chi connectivity index (χ1n) is 9.66.